The van der Waals surface area contributed by atoms with Gasteiger partial charge in [0.2, 0.25) is 5.88 Å². The van der Waals surface area contributed by atoms with Crippen molar-refractivity contribution in [3.05, 3.63) is 40.8 Å². The normalized spacial score (nSPS) is 21.9. The number of ether oxygens (including phenoxy) is 1. The van der Waals surface area contributed by atoms with Crippen molar-refractivity contribution >= 4 is 11.8 Å². The van der Waals surface area contributed by atoms with Crippen LogP contribution in [-0.2, 0) is 6.54 Å². The molecule has 2 aromatic rings. The lowest BCUT2D eigenvalue weighted by Crippen LogP contribution is -2.39. The van der Waals surface area contributed by atoms with E-state index in [1.807, 2.05) is 15.9 Å². The molecule has 8 nitrogen and oxygen atoms in total. The van der Waals surface area contributed by atoms with Gasteiger partial charge >= 0.3 is 0 Å². The third-order valence-corrected chi connectivity index (χ3v) is 6.74. The summed E-state index contributed by atoms with van der Waals surface area (Å²) in [5.74, 6) is 0.412. The number of pyridine rings is 1. The van der Waals surface area contributed by atoms with Crippen LogP contribution in [0.15, 0.2) is 18.3 Å². The number of aromatic nitrogens is 3. The Kier molecular flexibility index (Phi) is 4.92. The van der Waals surface area contributed by atoms with Gasteiger partial charge in [0.1, 0.15) is 5.56 Å². The second-order valence-electron chi connectivity index (χ2n) is 8.51. The lowest BCUT2D eigenvalue weighted by molar-refractivity contribution is 0.0701. The van der Waals surface area contributed by atoms with Crippen molar-refractivity contribution in [1.82, 2.24) is 25.0 Å². The molecule has 2 aromatic heterocycles. The first kappa shape index (κ1) is 19.1. The van der Waals surface area contributed by atoms with Gasteiger partial charge in [-0.3, -0.25) is 14.7 Å². The molecule has 1 aliphatic carbocycles. The molecule has 1 saturated carbocycles. The molecule has 2 amide bonds. The number of rotatable bonds is 4. The minimum absolute atomic E-state index is 0.00455. The fraction of sp³-hybridized carbons (Fsp3) is 0.545. The molecule has 158 valence electrons. The fourth-order valence-electron chi connectivity index (χ4n) is 5.13. The van der Waals surface area contributed by atoms with E-state index in [1.54, 1.807) is 12.3 Å². The van der Waals surface area contributed by atoms with Crippen molar-refractivity contribution < 1.29 is 14.3 Å². The van der Waals surface area contributed by atoms with Gasteiger partial charge in [-0.05, 0) is 37.8 Å². The van der Waals surface area contributed by atoms with Gasteiger partial charge in [-0.15, -0.1) is 0 Å². The van der Waals surface area contributed by atoms with Crippen LogP contribution in [0.5, 0.6) is 5.88 Å². The second-order valence-corrected chi connectivity index (χ2v) is 8.51. The molecule has 2 fully saturated rings. The quantitative estimate of drug-likeness (QED) is 0.838. The van der Waals surface area contributed by atoms with Crippen molar-refractivity contribution in [3.63, 3.8) is 0 Å². The minimum Gasteiger partial charge on any atom is -0.480 e. The number of piperidine rings is 1. The summed E-state index contributed by atoms with van der Waals surface area (Å²) in [5.41, 5.74) is 2.69. The molecule has 0 bridgehead atoms. The Labute approximate surface area is 175 Å². The number of nitrogens with one attached hydrogen (secondary N) is 1. The molecule has 8 heteroatoms. The second kappa shape index (κ2) is 7.74. The lowest BCUT2D eigenvalue weighted by Gasteiger charge is -2.32. The van der Waals surface area contributed by atoms with E-state index in [0.29, 0.717) is 42.3 Å². The molecule has 1 N–H and O–H groups in total. The van der Waals surface area contributed by atoms with Crippen molar-refractivity contribution in [2.24, 2.45) is 0 Å². The van der Waals surface area contributed by atoms with Crippen LogP contribution in [0.2, 0.25) is 0 Å². The number of nitrogens with zero attached hydrogens (tertiary/aromatic N) is 4. The van der Waals surface area contributed by atoms with Gasteiger partial charge in [0, 0.05) is 36.9 Å². The van der Waals surface area contributed by atoms with E-state index >= 15 is 0 Å². The maximum atomic E-state index is 13.4. The largest absolute Gasteiger partial charge is 0.480 e. The van der Waals surface area contributed by atoms with Crippen LogP contribution in [0.3, 0.4) is 0 Å². The van der Waals surface area contributed by atoms with Crippen LogP contribution in [-0.4, -0.2) is 63.0 Å². The zero-order chi connectivity index (χ0) is 20.7. The molecule has 0 radical (unpaired) electrons. The summed E-state index contributed by atoms with van der Waals surface area (Å²) in [5, 5.41) is 7.06. The molecule has 4 heterocycles. The molecule has 5 rings (SSSR count). The summed E-state index contributed by atoms with van der Waals surface area (Å²) < 4.78 is 5.47. The summed E-state index contributed by atoms with van der Waals surface area (Å²) in [6.07, 6.45) is 8.10. The molecular weight excluding hydrogens is 382 g/mol. The zero-order valence-electron chi connectivity index (χ0n) is 17.3. The maximum Gasteiger partial charge on any atom is 0.259 e. The van der Waals surface area contributed by atoms with Crippen LogP contribution in [0, 0.1) is 0 Å². The van der Waals surface area contributed by atoms with Crippen molar-refractivity contribution in [1.29, 1.82) is 0 Å². The Hall–Kier alpha value is -2.90. The smallest absolute Gasteiger partial charge is 0.259 e. The summed E-state index contributed by atoms with van der Waals surface area (Å²) in [6.45, 7) is 1.81. The molecule has 0 aromatic carbocycles. The Morgan fingerprint density at radius 3 is 2.80 bits per heavy atom. The first-order valence-corrected chi connectivity index (χ1v) is 10.8. The Morgan fingerprint density at radius 1 is 1.23 bits per heavy atom. The van der Waals surface area contributed by atoms with E-state index in [9.17, 15) is 9.59 Å². The van der Waals surface area contributed by atoms with Gasteiger partial charge in [0.25, 0.3) is 11.8 Å². The average Bonchev–Trinajstić information content (AvgIpc) is 3.54. The summed E-state index contributed by atoms with van der Waals surface area (Å²) in [7, 11) is 1.53. The first-order chi connectivity index (χ1) is 14.7. The van der Waals surface area contributed by atoms with Gasteiger partial charge in [0.05, 0.1) is 24.9 Å². The number of hydrogen-bond acceptors (Lipinski definition) is 5. The van der Waals surface area contributed by atoms with Crippen molar-refractivity contribution in [2.75, 3.05) is 20.2 Å². The van der Waals surface area contributed by atoms with Crippen LogP contribution in [0.25, 0.3) is 0 Å². The maximum absolute atomic E-state index is 13.4. The van der Waals surface area contributed by atoms with E-state index in [2.05, 4.69) is 15.2 Å². The van der Waals surface area contributed by atoms with Gasteiger partial charge < -0.3 is 14.5 Å². The van der Waals surface area contributed by atoms with E-state index in [0.717, 1.165) is 44.2 Å². The molecule has 1 saturated heterocycles. The number of carbonyl (C=O) groups excluding carboxylic acids is 2. The first-order valence-electron chi connectivity index (χ1n) is 10.8. The molecule has 0 spiro atoms. The number of fused-ring (bicyclic) bond motifs is 1. The van der Waals surface area contributed by atoms with Crippen LogP contribution >= 0.6 is 0 Å². The summed E-state index contributed by atoms with van der Waals surface area (Å²) in [4.78, 5) is 34.8. The van der Waals surface area contributed by atoms with E-state index in [1.165, 1.54) is 7.11 Å². The predicted molar refractivity (Wildman–Crippen MR) is 109 cm³/mol. The van der Waals surface area contributed by atoms with Crippen molar-refractivity contribution in [3.8, 4) is 5.88 Å². The van der Waals surface area contributed by atoms with Crippen LogP contribution in [0.4, 0.5) is 0 Å². The zero-order valence-corrected chi connectivity index (χ0v) is 17.3. The number of H-pyrrole nitrogens is 1. The fourth-order valence-corrected chi connectivity index (χ4v) is 5.13. The standard InChI is InChI=1S/C22H27N5O3/c1-30-20-17(21(28)26-10-4-5-14(12-26)18-8-9-23-25-18)11-16-19(24-20)13-27(22(16)29)15-6-2-3-7-15/h8-9,11,14-15H,2-7,10,12-13H2,1H3,(H,23,25). The minimum atomic E-state index is -0.126. The number of methoxy groups -OCH3 is 1. The Bertz CT molecular complexity index is 952. The van der Waals surface area contributed by atoms with Gasteiger partial charge in [0.15, 0.2) is 0 Å². The topological polar surface area (TPSA) is 91.4 Å². The van der Waals surface area contributed by atoms with Crippen LogP contribution in [0.1, 0.15) is 76.5 Å². The van der Waals surface area contributed by atoms with Gasteiger partial charge in [-0.25, -0.2) is 4.98 Å². The third-order valence-electron chi connectivity index (χ3n) is 6.74. The van der Waals surface area contributed by atoms with Gasteiger partial charge in [-0.2, -0.15) is 5.10 Å². The lowest BCUT2D eigenvalue weighted by atomic mass is 9.94. The summed E-state index contributed by atoms with van der Waals surface area (Å²) >= 11 is 0. The molecule has 30 heavy (non-hydrogen) atoms. The molecule has 2 aliphatic heterocycles. The number of aromatic amines is 1. The highest BCUT2D eigenvalue weighted by atomic mass is 16.5. The number of carbonyl (C=O) groups is 2. The molecular formula is C22H27N5O3. The monoisotopic (exact) mass is 409 g/mol. The SMILES string of the molecule is COc1nc2c(cc1C(=O)N1CCCC(c3ccn[nH]3)C1)C(=O)N(C1CCCC1)C2. The number of likely N-dealkylation sites (tertiary alicyclic amines) is 1. The highest BCUT2D eigenvalue weighted by molar-refractivity contribution is 6.03. The van der Waals surface area contributed by atoms with Crippen molar-refractivity contribution in [2.45, 2.75) is 57.0 Å². The predicted octanol–water partition coefficient (Wildman–Crippen LogP) is 2.73. The number of amides is 2. The highest BCUT2D eigenvalue weighted by Gasteiger charge is 2.37. The Balaban J connectivity index is 1.41. The summed E-state index contributed by atoms with van der Waals surface area (Å²) in [6, 6.07) is 3.96. The molecule has 3 aliphatic rings. The average molecular weight is 409 g/mol. The van der Waals surface area contributed by atoms with E-state index in [4.69, 9.17) is 4.74 Å². The Morgan fingerprint density at radius 2 is 2.07 bits per heavy atom. The molecule has 1 unspecified atom stereocenters. The van der Waals surface area contributed by atoms with E-state index < -0.39 is 0 Å². The van der Waals surface area contributed by atoms with Gasteiger partial charge in [-0.1, -0.05) is 12.8 Å². The van der Waals surface area contributed by atoms with E-state index in [-0.39, 0.29) is 23.8 Å². The highest BCUT2D eigenvalue weighted by Crippen LogP contribution is 2.34. The van der Waals surface area contributed by atoms with Crippen LogP contribution < -0.4 is 4.74 Å². The third kappa shape index (κ3) is 3.24. The molecule has 1 atom stereocenters. The number of hydrogen-bond donors (Lipinski definition) is 1.